The first-order valence-electron chi connectivity index (χ1n) is 6.02. The molecular formula is C14H22N2. The summed E-state index contributed by atoms with van der Waals surface area (Å²) in [6, 6.07) is 10.2. The van der Waals surface area contributed by atoms with Crippen molar-refractivity contribution in [3.63, 3.8) is 0 Å². The Bertz CT molecular complexity index is 330. The average molecular weight is 218 g/mol. The summed E-state index contributed by atoms with van der Waals surface area (Å²) in [5.41, 5.74) is 6.98. The van der Waals surface area contributed by atoms with E-state index in [1.54, 1.807) is 0 Å². The van der Waals surface area contributed by atoms with Crippen molar-refractivity contribution in [2.75, 3.05) is 0 Å². The molecule has 0 amide bonds. The molecule has 1 aromatic carbocycles. The van der Waals surface area contributed by atoms with Crippen molar-refractivity contribution >= 4 is 5.84 Å². The maximum Gasteiger partial charge on any atom is 0.125 e. The van der Waals surface area contributed by atoms with Gasteiger partial charge in [-0.05, 0) is 19.3 Å². The lowest BCUT2D eigenvalue weighted by molar-refractivity contribution is 0.470. The first-order valence-corrected chi connectivity index (χ1v) is 6.02. The van der Waals surface area contributed by atoms with E-state index >= 15 is 0 Å². The molecule has 0 saturated carbocycles. The minimum atomic E-state index is 0.301. The minimum Gasteiger partial charge on any atom is -0.383 e. The molecule has 0 saturated heterocycles. The van der Waals surface area contributed by atoms with Gasteiger partial charge in [0.2, 0.25) is 0 Å². The third-order valence-corrected chi connectivity index (χ3v) is 2.87. The van der Waals surface area contributed by atoms with Crippen LogP contribution in [-0.2, 0) is 0 Å². The van der Waals surface area contributed by atoms with Crippen LogP contribution in [0.3, 0.4) is 0 Å². The summed E-state index contributed by atoms with van der Waals surface area (Å²) in [5, 5.41) is 0. The molecule has 2 atom stereocenters. The zero-order valence-corrected chi connectivity index (χ0v) is 10.5. The predicted molar refractivity (Wildman–Crippen MR) is 70.7 cm³/mol. The van der Waals surface area contributed by atoms with E-state index in [0.717, 1.165) is 12.0 Å². The zero-order chi connectivity index (χ0) is 12.0. The van der Waals surface area contributed by atoms with Gasteiger partial charge in [0, 0.05) is 11.6 Å². The molecule has 16 heavy (non-hydrogen) atoms. The Morgan fingerprint density at radius 3 is 2.44 bits per heavy atom. The van der Waals surface area contributed by atoms with Crippen LogP contribution in [0.25, 0.3) is 0 Å². The number of benzene rings is 1. The van der Waals surface area contributed by atoms with Crippen LogP contribution >= 0.6 is 0 Å². The van der Waals surface area contributed by atoms with E-state index in [0.29, 0.717) is 17.8 Å². The second kappa shape index (κ2) is 6.31. The van der Waals surface area contributed by atoms with E-state index < -0.39 is 0 Å². The van der Waals surface area contributed by atoms with Gasteiger partial charge >= 0.3 is 0 Å². The number of hydrogen-bond acceptors (Lipinski definition) is 1. The molecule has 1 aromatic rings. The number of nitrogens with two attached hydrogens (primary N) is 1. The van der Waals surface area contributed by atoms with Gasteiger partial charge in [0.15, 0.2) is 0 Å². The summed E-state index contributed by atoms with van der Waals surface area (Å²) in [4.78, 5) is 4.53. The summed E-state index contributed by atoms with van der Waals surface area (Å²) >= 11 is 0. The Kier molecular flexibility index (Phi) is 5.03. The highest BCUT2D eigenvalue weighted by Crippen LogP contribution is 2.12. The minimum absolute atomic E-state index is 0.301. The number of aliphatic imine (C=N–C) groups is 1. The standard InChI is InChI=1S/C14H22N2/c1-4-11(2)10-12(3)16-14(15)13-8-6-5-7-9-13/h5-9,11-12H,4,10H2,1-3H3,(H2,15,16). The van der Waals surface area contributed by atoms with Gasteiger partial charge in [0.1, 0.15) is 5.84 Å². The van der Waals surface area contributed by atoms with Gasteiger partial charge in [-0.25, -0.2) is 0 Å². The SMILES string of the molecule is CCC(C)CC(C)N=C(N)c1ccccc1. The fourth-order valence-corrected chi connectivity index (χ4v) is 1.72. The van der Waals surface area contributed by atoms with Crippen LogP contribution in [0.5, 0.6) is 0 Å². The lowest BCUT2D eigenvalue weighted by Crippen LogP contribution is -2.17. The highest BCUT2D eigenvalue weighted by molar-refractivity contribution is 5.97. The second-order valence-electron chi connectivity index (χ2n) is 4.48. The average Bonchev–Trinajstić information content (AvgIpc) is 2.29. The molecule has 0 aliphatic carbocycles. The lowest BCUT2D eigenvalue weighted by atomic mass is 10.0. The molecule has 2 heteroatoms. The maximum atomic E-state index is 5.96. The van der Waals surface area contributed by atoms with Gasteiger partial charge in [-0.3, -0.25) is 4.99 Å². The predicted octanol–water partition coefficient (Wildman–Crippen LogP) is 3.22. The van der Waals surface area contributed by atoms with Crippen LogP contribution in [0.15, 0.2) is 35.3 Å². The van der Waals surface area contributed by atoms with Gasteiger partial charge in [-0.2, -0.15) is 0 Å². The molecule has 0 radical (unpaired) electrons. The molecular weight excluding hydrogens is 196 g/mol. The highest BCUT2D eigenvalue weighted by atomic mass is 14.9. The number of hydrogen-bond donors (Lipinski definition) is 1. The number of nitrogens with zero attached hydrogens (tertiary/aromatic N) is 1. The van der Waals surface area contributed by atoms with Gasteiger partial charge in [0.25, 0.3) is 0 Å². The summed E-state index contributed by atoms with van der Waals surface area (Å²) in [6.45, 7) is 6.59. The zero-order valence-electron chi connectivity index (χ0n) is 10.5. The summed E-state index contributed by atoms with van der Waals surface area (Å²) in [6.07, 6.45) is 2.30. The topological polar surface area (TPSA) is 38.4 Å². The third-order valence-electron chi connectivity index (χ3n) is 2.87. The van der Waals surface area contributed by atoms with E-state index in [1.807, 2.05) is 30.3 Å². The molecule has 0 aliphatic rings. The third kappa shape index (κ3) is 4.05. The van der Waals surface area contributed by atoms with Crippen molar-refractivity contribution in [1.29, 1.82) is 0 Å². The molecule has 2 nitrogen and oxygen atoms in total. The normalized spacial score (nSPS) is 15.8. The smallest absolute Gasteiger partial charge is 0.125 e. The van der Waals surface area contributed by atoms with Gasteiger partial charge in [-0.1, -0.05) is 50.6 Å². The van der Waals surface area contributed by atoms with E-state index in [9.17, 15) is 0 Å². The summed E-state index contributed by atoms with van der Waals surface area (Å²) < 4.78 is 0. The van der Waals surface area contributed by atoms with Crippen LogP contribution in [-0.4, -0.2) is 11.9 Å². The van der Waals surface area contributed by atoms with Crippen LogP contribution in [0.1, 0.15) is 39.2 Å². The van der Waals surface area contributed by atoms with Crippen molar-refractivity contribution in [2.24, 2.45) is 16.6 Å². The Morgan fingerprint density at radius 2 is 1.88 bits per heavy atom. The first kappa shape index (κ1) is 12.8. The molecule has 0 bridgehead atoms. The van der Waals surface area contributed by atoms with Crippen LogP contribution in [0.2, 0.25) is 0 Å². The van der Waals surface area contributed by atoms with Crippen molar-refractivity contribution in [1.82, 2.24) is 0 Å². The Labute approximate surface area is 98.6 Å². The molecule has 0 fully saturated rings. The molecule has 1 rings (SSSR count). The van der Waals surface area contributed by atoms with E-state index in [2.05, 4.69) is 25.8 Å². The van der Waals surface area contributed by atoms with Crippen molar-refractivity contribution in [3.05, 3.63) is 35.9 Å². The number of rotatable bonds is 5. The maximum absolute atomic E-state index is 5.96. The molecule has 2 N–H and O–H groups in total. The molecule has 0 heterocycles. The van der Waals surface area contributed by atoms with E-state index in [-0.39, 0.29) is 0 Å². The van der Waals surface area contributed by atoms with Crippen molar-refractivity contribution < 1.29 is 0 Å². The molecule has 88 valence electrons. The molecule has 0 spiro atoms. The Morgan fingerprint density at radius 1 is 1.25 bits per heavy atom. The van der Waals surface area contributed by atoms with Gasteiger partial charge in [-0.15, -0.1) is 0 Å². The fraction of sp³-hybridized carbons (Fsp3) is 0.500. The van der Waals surface area contributed by atoms with Crippen LogP contribution in [0.4, 0.5) is 0 Å². The lowest BCUT2D eigenvalue weighted by Gasteiger charge is -2.13. The highest BCUT2D eigenvalue weighted by Gasteiger charge is 2.06. The molecule has 2 unspecified atom stereocenters. The number of amidine groups is 1. The largest absolute Gasteiger partial charge is 0.383 e. The fourth-order valence-electron chi connectivity index (χ4n) is 1.72. The van der Waals surface area contributed by atoms with E-state index in [4.69, 9.17) is 5.73 Å². The van der Waals surface area contributed by atoms with Gasteiger partial charge < -0.3 is 5.73 Å². The summed E-state index contributed by atoms with van der Waals surface area (Å²) in [5.74, 6) is 1.36. The summed E-state index contributed by atoms with van der Waals surface area (Å²) in [7, 11) is 0. The quantitative estimate of drug-likeness (QED) is 0.598. The van der Waals surface area contributed by atoms with Gasteiger partial charge in [0.05, 0.1) is 0 Å². The molecule has 0 aliphatic heterocycles. The van der Waals surface area contributed by atoms with Crippen LogP contribution < -0.4 is 5.73 Å². The van der Waals surface area contributed by atoms with Crippen LogP contribution in [0, 0.1) is 5.92 Å². The van der Waals surface area contributed by atoms with Crippen molar-refractivity contribution in [2.45, 2.75) is 39.7 Å². The van der Waals surface area contributed by atoms with Crippen molar-refractivity contribution in [3.8, 4) is 0 Å². The Balaban J connectivity index is 2.63. The second-order valence-corrected chi connectivity index (χ2v) is 4.48. The van der Waals surface area contributed by atoms with E-state index in [1.165, 1.54) is 6.42 Å². The monoisotopic (exact) mass is 218 g/mol. The Hall–Kier alpha value is -1.31. The first-order chi connectivity index (χ1) is 7.63. The molecule has 0 aromatic heterocycles.